The van der Waals surface area contributed by atoms with Crippen molar-refractivity contribution in [1.29, 1.82) is 0 Å². The number of carbonyl (C=O) groups excluding carboxylic acids is 1. The molecule has 0 spiro atoms. The van der Waals surface area contributed by atoms with E-state index in [0.717, 1.165) is 10.0 Å². The number of rotatable bonds is 4. The van der Waals surface area contributed by atoms with Gasteiger partial charge in [-0.2, -0.15) is 0 Å². The molecular formula is C15H17BrN4O3. The zero-order valence-electron chi connectivity index (χ0n) is 12.4. The van der Waals surface area contributed by atoms with Gasteiger partial charge in [0.25, 0.3) is 0 Å². The molecule has 23 heavy (non-hydrogen) atoms. The van der Waals surface area contributed by atoms with Gasteiger partial charge in [0.05, 0.1) is 12.1 Å². The molecule has 0 saturated carbocycles. The number of hydrogen-bond acceptors (Lipinski definition) is 6. The van der Waals surface area contributed by atoms with Crippen molar-refractivity contribution in [3.8, 4) is 11.5 Å². The Morgan fingerprint density at radius 1 is 1.35 bits per heavy atom. The van der Waals surface area contributed by atoms with E-state index in [9.17, 15) is 9.90 Å². The lowest BCUT2D eigenvalue weighted by atomic mass is 9.91. The third-order valence-corrected chi connectivity index (χ3v) is 4.76. The van der Waals surface area contributed by atoms with Gasteiger partial charge in [0.1, 0.15) is 5.60 Å². The molecule has 3 N–H and O–H groups in total. The van der Waals surface area contributed by atoms with Crippen LogP contribution in [0.3, 0.4) is 0 Å². The predicted octanol–water partition coefficient (Wildman–Crippen LogP) is 1.31. The Hall–Kier alpha value is -1.77. The number of nitrogens with zero attached hydrogens (tertiary/aromatic N) is 3. The highest BCUT2D eigenvalue weighted by Gasteiger charge is 2.37. The Balaban J connectivity index is 1.65. The van der Waals surface area contributed by atoms with Crippen LogP contribution in [0, 0.1) is 0 Å². The molecule has 0 unspecified atom stereocenters. The number of nitrogens with two attached hydrogens (primary N) is 1. The van der Waals surface area contributed by atoms with Crippen molar-refractivity contribution < 1.29 is 14.3 Å². The maximum absolute atomic E-state index is 11.2. The van der Waals surface area contributed by atoms with Crippen LogP contribution in [0.25, 0.3) is 11.5 Å². The predicted molar refractivity (Wildman–Crippen MR) is 86.1 cm³/mol. The Morgan fingerprint density at radius 3 is 2.70 bits per heavy atom. The Morgan fingerprint density at radius 2 is 2.04 bits per heavy atom. The Kier molecular flexibility index (Phi) is 4.47. The molecule has 2 aromatic rings. The van der Waals surface area contributed by atoms with E-state index >= 15 is 0 Å². The van der Waals surface area contributed by atoms with Crippen LogP contribution < -0.4 is 5.73 Å². The summed E-state index contributed by atoms with van der Waals surface area (Å²) in [6, 6.07) is 7.63. The normalized spacial score (nSPS) is 18.0. The number of piperidine rings is 1. The van der Waals surface area contributed by atoms with Gasteiger partial charge in [-0.05, 0) is 40.9 Å². The molecule has 0 bridgehead atoms. The molecule has 0 radical (unpaired) electrons. The maximum atomic E-state index is 11.2. The average molecular weight is 381 g/mol. The van der Waals surface area contributed by atoms with E-state index in [0.29, 0.717) is 44.3 Å². The summed E-state index contributed by atoms with van der Waals surface area (Å²) in [5, 5.41) is 18.2. The van der Waals surface area contributed by atoms with Crippen LogP contribution in [0.1, 0.15) is 18.7 Å². The molecule has 0 aliphatic carbocycles. The Labute approximate surface area is 141 Å². The number of hydrogen-bond donors (Lipinski definition) is 2. The summed E-state index contributed by atoms with van der Waals surface area (Å²) in [5.41, 5.74) is 4.67. The summed E-state index contributed by atoms with van der Waals surface area (Å²) >= 11 is 3.46. The molecule has 1 saturated heterocycles. The SMILES string of the molecule is NC(=O)C1(O)CCN(Cc2nnc(-c3ccccc3Br)o2)CC1. The van der Waals surface area contributed by atoms with Gasteiger partial charge in [0.15, 0.2) is 0 Å². The van der Waals surface area contributed by atoms with E-state index in [-0.39, 0.29) is 0 Å². The number of aromatic nitrogens is 2. The minimum atomic E-state index is -1.40. The van der Waals surface area contributed by atoms with E-state index in [1.807, 2.05) is 24.3 Å². The van der Waals surface area contributed by atoms with Crippen molar-refractivity contribution in [3.63, 3.8) is 0 Å². The highest BCUT2D eigenvalue weighted by molar-refractivity contribution is 9.10. The number of amides is 1. The number of carbonyl (C=O) groups is 1. The first-order valence-corrected chi connectivity index (χ1v) is 8.09. The first-order chi connectivity index (χ1) is 11.0. The summed E-state index contributed by atoms with van der Waals surface area (Å²) in [5.74, 6) is 0.296. The summed E-state index contributed by atoms with van der Waals surface area (Å²) in [4.78, 5) is 13.3. The minimum Gasteiger partial charge on any atom is -0.419 e. The molecule has 1 aliphatic rings. The highest BCUT2D eigenvalue weighted by atomic mass is 79.9. The lowest BCUT2D eigenvalue weighted by molar-refractivity contribution is -0.141. The fourth-order valence-corrected chi connectivity index (χ4v) is 3.03. The number of likely N-dealkylation sites (tertiary alicyclic amines) is 1. The van der Waals surface area contributed by atoms with Crippen molar-refractivity contribution in [2.24, 2.45) is 5.73 Å². The van der Waals surface area contributed by atoms with Crippen molar-refractivity contribution in [2.45, 2.75) is 25.0 Å². The summed E-state index contributed by atoms with van der Waals surface area (Å²) in [6.07, 6.45) is 0.626. The lowest BCUT2D eigenvalue weighted by Crippen LogP contribution is -2.52. The van der Waals surface area contributed by atoms with Gasteiger partial charge in [-0.1, -0.05) is 12.1 Å². The maximum Gasteiger partial charge on any atom is 0.249 e. The minimum absolute atomic E-state index is 0.313. The van der Waals surface area contributed by atoms with Gasteiger partial charge in [0, 0.05) is 17.6 Å². The van der Waals surface area contributed by atoms with Crippen LogP contribution >= 0.6 is 15.9 Å². The van der Waals surface area contributed by atoms with Crippen LogP contribution in [-0.2, 0) is 11.3 Å². The average Bonchev–Trinajstić information content (AvgIpc) is 2.98. The summed E-state index contributed by atoms with van der Waals surface area (Å²) < 4.78 is 6.59. The van der Waals surface area contributed by atoms with Crippen LogP contribution in [0.4, 0.5) is 0 Å². The summed E-state index contributed by atoms with van der Waals surface area (Å²) in [7, 11) is 0. The van der Waals surface area contributed by atoms with Crippen LogP contribution in [-0.4, -0.2) is 44.8 Å². The molecule has 1 aliphatic heterocycles. The van der Waals surface area contributed by atoms with E-state index in [1.165, 1.54) is 0 Å². The molecule has 1 aromatic heterocycles. The van der Waals surface area contributed by atoms with Crippen molar-refractivity contribution in [3.05, 3.63) is 34.6 Å². The molecule has 1 aromatic carbocycles. The van der Waals surface area contributed by atoms with Crippen LogP contribution in [0.2, 0.25) is 0 Å². The quantitative estimate of drug-likeness (QED) is 0.828. The molecule has 3 rings (SSSR count). The van der Waals surface area contributed by atoms with Gasteiger partial charge in [-0.3, -0.25) is 9.69 Å². The fourth-order valence-electron chi connectivity index (χ4n) is 2.58. The summed E-state index contributed by atoms with van der Waals surface area (Å²) in [6.45, 7) is 1.57. The fraction of sp³-hybridized carbons (Fsp3) is 0.400. The second-order valence-corrected chi connectivity index (χ2v) is 6.51. The van der Waals surface area contributed by atoms with Gasteiger partial charge in [0.2, 0.25) is 17.7 Å². The topological polar surface area (TPSA) is 105 Å². The van der Waals surface area contributed by atoms with E-state index < -0.39 is 11.5 Å². The van der Waals surface area contributed by atoms with Crippen LogP contribution in [0.5, 0.6) is 0 Å². The third-order valence-electron chi connectivity index (χ3n) is 4.07. The first kappa shape index (κ1) is 16.1. The molecule has 2 heterocycles. The Bertz CT molecular complexity index is 710. The second kappa shape index (κ2) is 6.38. The van der Waals surface area contributed by atoms with E-state index in [1.54, 1.807) is 0 Å². The number of benzene rings is 1. The van der Waals surface area contributed by atoms with Gasteiger partial charge in [-0.25, -0.2) is 0 Å². The largest absolute Gasteiger partial charge is 0.419 e. The number of primary amides is 1. The van der Waals surface area contributed by atoms with Gasteiger partial charge in [-0.15, -0.1) is 10.2 Å². The molecule has 8 heteroatoms. The van der Waals surface area contributed by atoms with Crippen molar-refractivity contribution in [1.82, 2.24) is 15.1 Å². The zero-order valence-corrected chi connectivity index (χ0v) is 14.0. The molecule has 7 nitrogen and oxygen atoms in total. The standard InChI is InChI=1S/C15H17BrN4O3/c16-11-4-2-1-3-10(11)13-19-18-12(23-13)9-20-7-5-15(22,6-8-20)14(17)21/h1-4,22H,5-9H2,(H2,17,21). The highest BCUT2D eigenvalue weighted by Crippen LogP contribution is 2.27. The van der Waals surface area contributed by atoms with Crippen molar-refractivity contribution in [2.75, 3.05) is 13.1 Å². The first-order valence-electron chi connectivity index (χ1n) is 7.30. The lowest BCUT2D eigenvalue weighted by Gasteiger charge is -2.35. The molecule has 1 fully saturated rings. The smallest absolute Gasteiger partial charge is 0.249 e. The number of halogens is 1. The van der Waals surface area contributed by atoms with E-state index in [4.69, 9.17) is 10.2 Å². The number of aliphatic hydroxyl groups is 1. The third kappa shape index (κ3) is 3.44. The molecule has 122 valence electrons. The molecule has 0 atom stereocenters. The molecular weight excluding hydrogens is 364 g/mol. The van der Waals surface area contributed by atoms with E-state index in [2.05, 4.69) is 31.0 Å². The molecule has 1 amide bonds. The monoisotopic (exact) mass is 380 g/mol. The van der Waals surface area contributed by atoms with Gasteiger partial charge >= 0.3 is 0 Å². The zero-order chi connectivity index (χ0) is 16.4. The second-order valence-electron chi connectivity index (χ2n) is 5.65. The van der Waals surface area contributed by atoms with Gasteiger partial charge < -0.3 is 15.3 Å². The van der Waals surface area contributed by atoms with Crippen LogP contribution in [0.15, 0.2) is 33.2 Å². The van der Waals surface area contributed by atoms with Crippen molar-refractivity contribution >= 4 is 21.8 Å².